The first-order chi connectivity index (χ1) is 14.8. The van der Waals surface area contributed by atoms with Crippen molar-refractivity contribution in [1.82, 2.24) is 15.3 Å². The summed E-state index contributed by atoms with van der Waals surface area (Å²) in [6.45, 7) is 11.9. The van der Waals surface area contributed by atoms with Crippen LogP contribution in [0.25, 0.3) is 10.9 Å². The maximum Gasteiger partial charge on any atom is 0.243 e. The molecule has 2 heterocycles. The second-order valence-electron chi connectivity index (χ2n) is 8.16. The first-order valence-corrected chi connectivity index (χ1v) is 10.7. The molecule has 0 aliphatic carbocycles. The highest BCUT2D eigenvalue weighted by Crippen LogP contribution is 2.28. The van der Waals surface area contributed by atoms with Crippen LogP contribution in [0.4, 0.5) is 5.95 Å². The van der Waals surface area contributed by atoms with Crippen LogP contribution in [0.15, 0.2) is 43.5 Å². The Kier molecular flexibility index (Phi) is 6.95. The molecule has 1 aliphatic heterocycles. The molecular weight excluding hydrogens is 392 g/mol. The number of aryl methyl sites for hydroxylation is 1. The lowest BCUT2D eigenvalue weighted by Gasteiger charge is -2.34. The maximum absolute atomic E-state index is 13.1. The number of rotatable bonds is 9. The van der Waals surface area contributed by atoms with Crippen molar-refractivity contribution in [3.63, 3.8) is 0 Å². The Labute approximate surface area is 183 Å². The summed E-state index contributed by atoms with van der Waals surface area (Å²) in [4.78, 5) is 24.5. The minimum absolute atomic E-state index is 0.132. The smallest absolute Gasteiger partial charge is 0.243 e. The number of carbonyl (C=O) groups is 1. The molecule has 1 fully saturated rings. The third-order valence-electron chi connectivity index (χ3n) is 6.05. The molecule has 2 aromatic rings. The van der Waals surface area contributed by atoms with Crippen LogP contribution in [-0.4, -0.2) is 52.3 Å². The molecule has 31 heavy (non-hydrogen) atoms. The van der Waals surface area contributed by atoms with E-state index in [1.54, 1.807) is 19.3 Å². The monoisotopic (exact) mass is 424 g/mol. The Balaban J connectivity index is 1.82. The predicted octanol–water partition coefficient (Wildman–Crippen LogP) is 3.30. The van der Waals surface area contributed by atoms with Crippen molar-refractivity contribution in [3.8, 4) is 5.75 Å². The van der Waals surface area contributed by atoms with Gasteiger partial charge in [0.2, 0.25) is 11.9 Å². The van der Waals surface area contributed by atoms with Gasteiger partial charge in [0.15, 0.2) is 0 Å². The number of carbonyl (C=O) groups excluding carboxylic acids is 1. The predicted molar refractivity (Wildman–Crippen MR) is 123 cm³/mol. The van der Waals surface area contributed by atoms with Crippen LogP contribution in [0.5, 0.6) is 5.75 Å². The van der Waals surface area contributed by atoms with Gasteiger partial charge < -0.3 is 20.1 Å². The fourth-order valence-corrected chi connectivity index (χ4v) is 4.16. The standard InChI is InChI=1S/C24H32N4O3/c1-6-12-24(30,13-7-2)17(4)26-22(29)21-9-8-14-28(21)23-25-16(3)19-15-18(31-5)10-11-20(19)27-23/h6-7,10-11,15,17,21,30H,1-2,8-9,12-14H2,3-5H3,(H,26,29)/t17-,21-/m0/s1. The summed E-state index contributed by atoms with van der Waals surface area (Å²) in [6, 6.07) is 4.86. The summed E-state index contributed by atoms with van der Waals surface area (Å²) in [5, 5.41) is 14.9. The molecule has 0 saturated carbocycles. The average molecular weight is 425 g/mol. The van der Waals surface area contributed by atoms with Crippen molar-refractivity contribution in [2.75, 3.05) is 18.6 Å². The topological polar surface area (TPSA) is 87.6 Å². The maximum atomic E-state index is 13.1. The van der Waals surface area contributed by atoms with Gasteiger partial charge in [-0.05, 0) is 57.7 Å². The van der Waals surface area contributed by atoms with Crippen molar-refractivity contribution in [2.24, 2.45) is 0 Å². The zero-order valence-electron chi connectivity index (χ0n) is 18.6. The molecule has 0 radical (unpaired) electrons. The molecule has 1 saturated heterocycles. The molecule has 0 spiro atoms. The summed E-state index contributed by atoms with van der Waals surface area (Å²) in [5.41, 5.74) is 0.538. The van der Waals surface area contributed by atoms with E-state index in [1.165, 1.54) is 0 Å². The number of amides is 1. The normalized spacial score (nSPS) is 17.4. The van der Waals surface area contributed by atoms with Crippen LogP contribution in [0, 0.1) is 6.92 Å². The Morgan fingerprint density at radius 2 is 2.10 bits per heavy atom. The highest BCUT2D eigenvalue weighted by Gasteiger charge is 2.37. The number of hydrogen-bond donors (Lipinski definition) is 2. The molecule has 3 rings (SSSR count). The average Bonchev–Trinajstić information content (AvgIpc) is 3.24. The lowest BCUT2D eigenvalue weighted by molar-refractivity contribution is -0.125. The second kappa shape index (κ2) is 9.47. The van der Waals surface area contributed by atoms with Gasteiger partial charge in [-0.3, -0.25) is 4.79 Å². The first-order valence-electron chi connectivity index (χ1n) is 10.7. The van der Waals surface area contributed by atoms with E-state index >= 15 is 0 Å². The van der Waals surface area contributed by atoms with E-state index in [0.717, 1.165) is 28.8 Å². The van der Waals surface area contributed by atoms with E-state index < -0.39 is 11.6 Å². The fraction of sp³-hybridized carbons (Fsp3) is 0.458. The van der Waals surface area contributed by atoms with Gasteiger partial charge >= 0.3 is 0 Å². The second-order valence-corrected chi connectivity index (χ2v) is 8.16. The van der Waals surface area contributed by atoms with Crippen molar-refractivity contribution in [2.45, 2.75) is 57.2 Å². The Morgan fingerprint density at radius 1 is 1.39 bits per heavy atom. The molecule has 0 unspecified atom stereocenters. The van der Waals surface area contributed by atoms with Crippen molar-refractivity contribution in [1.29, 1.82) is 0 Å². The van der Waals surface area contributed by atoms with Gasteiger partial charge in [0.1, 0.15) is 11.8 Å². The van der Waals surface area contributed by atoms with E-state index in [2.05, 4.69) is 23.5 Å². The Hall–Kier alpha value is -2.93. The Bertz CT molecular complexity index is 965. The lowest BCUT2D eigenvalue weighted by atomic mass is 9.88. The van der Waals surface area contributed by atoms with Crippen molar-refractivity contribution < 1.29 is 14.6 Å². The van der Waals surface area contributed by atoms with Crippen LogP contribution in [0.2, 0.25) is 0 Å². The molecule has 2 N–H and O–H groups in total. The fourth-order valence-electron chi connectivity index (χ4n) is 4.16. The third kappa shape index (κ3) is 4.71. The van der Waals surface area contributed by atoms with Crippen LogP contribution in [0.3, 0.4) is 0 Å². The minimum atomic E-state index is -1.11. The summed E-state index contributed by atoms with van der Waals surface area (Å²) < 4.78 is 5.30. The number of hydrogen-bond acceptors (Lipinski definition) is 6. The van der Waals surface area contributed by atoms with E-state index in [9.17, 15) is 9.90 Å². The number of fused-ring (bicyclic) bond motifs is 1. The highest BCUT2D eigenvalue weighted by molar-refractivity contribution is 5.87. The molecule has 1 aromatic heterocycles. The number of methoxy groups -OCH3 is 1. The van der Waals surface area contributed by atoms with Gasteiger partial charge in [-0.2, -0.15) is 0 Å². The van der Waals surface area contributed by atoms with Crippen molar-refractivity contribution in [3.05, 3.63) is 49.2 Å². The zero-order chi connectivity index (χ0) is 22.6. The summed E-state index contributed by atoms with van der Waals surface area (Å²) >= 11 is 0. The van der Waals surface area contributed by atoms with E-state index in [-0.39, 0.29) is 11.9 Å². The van der Waals surface area contributed by atoms with E-state index in [4.69, 9.17) is 9.72 Å². The highest BCUT2D eigenvalue weighted by atomic mass is 16.5. The molecule has 1 aromatic carbocycles. The summed E-state index contributed by atoms with van der Waals surface area (Å²) in [6.07, 6.45) is 5.64. The zero-order valence-corrected chi connectivity index (χ0v) is 18.6. The number of benzene rings is 1. The third-order valence-corrected chi connectivity index (χ3v) is 6.05. The first kappa shape index (κ1) is 22.7. The van der Waals surface area contributed by atoms with Gasteiger partial charge in [-0.1, -0.05) is 12.2 Å². The van der Waals surface area contributed by atoms with E-state index in [1.807, 2.05) is 36.9 Å². The van der Waals surface area contributed by atoms with Crippen LogP contribution in [0.1, 0.15) is 38.3 Å². The number of ether oxygens (including phenoxy) is 1. The van der Waals surface area contributed by atoms with Crippen LogP contribution >= 0.6 is 0 Å². The SMILES string of the molecule is C=CCC(O)(CC=C)[C@H](C)NC(=O)[C@@H]1CCCN1c1nc(C)c2cc(OC)ccc2n1. The minimum Gasteiger partial charge on any atom is -0.497 e. The lowest BCUT2D eigenvalue weighted by Crippen LogP contribution is -2.55. The molecule has 166 valence electrons. The van der Waals surface area contributed by atoms with Crippen LogP contribution < -0.4 is 15.0 Å². The molecule has 2 atom stereocenters. The molecule has 1 amide bonds. The quantitative estimate of drug-likeness (QED) is 0.601. The molecule has 7 heteroatoms. The van der Waals surface area contributed by atoms with E-state index in [0.29, 0.717) is 31.8 Å². The number of aliphatic hydroxyl groups is 1. The number of anilines is 1. The molecule has 1 aliphatic rings. The summed E-state index contributed by atoms with van der Waals surface area (Å²) in [5.74, 6) is 1.17. The largest absolute Gasteiger partial charge is 0.497 e. The van der Waals surface area contributed by atoms with Gasteiger partial charge in [0.25, 0.3) is 0 Å². The number of nitrogens with zero attached hydrogens (tertiary/aromatic N) is 3. The van der Waals surface area contributed by atoms with Crippen LogP contribution in [-0.2, 0) is 4.79 Å². The molecular formula is C24H32N4O3. The number of nitrogens with one attached hydrogen (secondary N) is 1. The number of aromatic nitrogens is 2. The van der Waals surface area contributed by atoms with Gasteiger partial charge in [-0.25, -0.2) is 9.97 Å². The van der Waals surface area contributed by atoms with Gasteiger partial charge in [0, 0.05) is 11.9 Å². The Morgan fingerprint density at radius 3 is 2.74 bits per heavy atom. The van der Waals surface area contributed by atoms with Gasteiger partial charge in [0.05, 0.1) is 30.0 Å². The van der Waals surface area contributed by atoms with Gasteiger partial charge in [-0.15, -0.1) is 13.2 Å². The summed E-state index contributed by atoms with van der Waals surface area (Å²) in [7, 11) is 1.63. The molecule has 7 nitrogen and oxygen atoms in total. The molecule has 0 bridgehead atoms. The van der Waals surface area contributed by atoms with Crippen molar-refractivity contribution >= 4 is 22.8 Å².